The number of fused-ring (bicyclic) bond motifs is 10. The molecule has 11 aromatic rings. The van der Waals surface area contributed by atoms with Gasteiger partial charge in [-0.2, -0.15) is 0 Å². The Morgan fingerprint density at radius 3 is 1.55 bits per heavy atom. The van der Waals surface area contributed by atoms with E-state index >= 15 is 0 Å². The maximum absolute atomic E-state index is 7.04. The van der Waals surface area contributed by atoms with Gasteiger partial charge in [0.2, 0.25) is 0 Å². The van der Waals surface area contributed by atoms with E-state index in [0.29, 0.717) is 0 Å². The Hall–Kier alpha value is -8.20. The van der Waals surface area contributed by atoms with Crippen LogP contribution in [0, 0.1) is 0 Å². The Labute approximate surface area is 361 Å². The summed E-state index contributed by atoms with van der Waals surface area (Å²) in [6.07, 6.45) is 0. The highest BCUT2D eigenvalue weighted by Crippen LogP contribution is 2.55. The summed E-state index contributed by atoms with van der Waals surface area (Å²) in [5.41, 5.74) is 14.6. The molecule has 0 aliphatic carbocycles. The Morgan fingerprint density at radius 1 is 0.290 bits per heavy atom. The largest absolute Gasteiger partial charge is 0.455 e. The first kappa shape index (κ1) is 35.7. The summed E-state index contributed by atoms with van der Waals surface area (Å²) >= 11 is 0. The molecule has 0 bridgehead atoms. The minimum Gasteiger partial charge on any atom is -0.455 e. The molecule has 1 aliphatic rings. The molecule has 0 saturated carbocycles. The van der Waals surface area contributed by atoms with Crippen LogP contribution in [0.5, 0.6) is 11.5 Å². The van der Waals surface area contributed by atoms with Crippen LogP contribution >= 0.6 is 0 Å². The van der Waals surface area contributed by atoms with E-state index in [1.165, 1.54) is 49.4 Å². The zero-order valence-electron chi connectivity index (χ0n) is 33.9. The fraction of sp³-hybridized carbons (Fsp3) is 0. The first-order chi connectivity index (χ1) is 30.8. The third kappa shape index (κ3) is 5.96. The molecule has 62 heavy (non-hydrogen) atoms. The van der Waals surface area contributed by atoms with Crippen molar-refractivity contribution in [1.29, 1.82) is 0 Å². The van der Waals surface area contributed by atoms with Crippen molar-refractivity contribution in [2.75, 3.05) is 4.90 Å². The van der Waals surface area contributed by atoms with Crippen molar-refractivity contribution in [2.24, 2.45) is 0 Å². The Bertz CT molecular complexity index is 3460. The molecule has 0 amide bonds. The van der Waals surface area contributed by atoms with Crippen LogP contribution in [0.25, 0.3) is 88.0 Å². The fourth-order valence-electron chi connectivity index (χ4n) is 9.56. The number of para-hydroxylation sites is 2. The van der Waals surface area contributed by atoms with E-state index in [1.807, 2.05) is 0 Å². The molecule has 0 atom stereocenters. The second-order valence-electron chi connectivity index (χ2n) is 16.0. The van der Waals surface area contributed by atoms with Crippen molar-refractivity contribution in [2.45, 2.75) is 0 Å². The third-order valence-corrected chi connectivity index (χ3v) is 12.5. The third-order valence-electron chi connectivity index (χ3n) is 12.5. The minimum atomic E-state index is 0.836. The van der Waals surface area contributed by atoms with Crippen molar-refractivity contribution >= 4 is 49.4 Å². The summed E-state index contributed by atoms with van der Waals surface area (Å²) in [5.74, 6) is 1.70. The summed E-state index contributed by atoms with van der Waals surface area (Å²) in [4.78, 5) is 2.43. The van der Waals surface area contributed by atoms with Gasteiger partial charge in [0.1, 0.15) is 11.5 Å². The number of hydrogen-bond acceptors (Lipinski definition) is 2. The van der Waals surface area contributed by atoms with Crippen LogP contribution in [0.3, 0.4) is 0 Å². The van der Waals surface area contributed by atoms with E-state index in [1.54, 1.807) is 0 Å². The van der Waals surface area contributed by atoms with Gasteiger partial charge in [0.15, 0.2) is 0 Å². The lowest BCUT2D eigenvalue weighted by Crippen LogP contribution is -2.11. The predicted molar refractivity (Wildman–Crippen MR) is 261 cm³/mol. The molecular weight excluding hydrogens is 751 g/mol. The summed E-state index contributed by atoms with van der Waals surface area (Å²) in [6.45, 7) is 0. The Kier molecular flexibility index (Phi) is 8.53. The first-order valence-electron chi connectivity index (χ1n) is 21.3. The number of nitrogens with zero attached hydrogens (tertiary/aromatic N) is 1. The Balaban J connectivity index is 1.09. The zero-order chi connectivity index (χ0) is 41.0. The van der Waals surface area contributed by atoms with E-state index in [-0.39, 0.29) is 0 Å². The number of anilines is 3. The van der Waals surface area contributed by atoms with Gasteiger partial charge >= 0.3 is 0 Å². The molecule has 0 aromatic heterocycles. The van der Waals surface area contributed by atoms with Crippen LogP contribution in [0.1, 0.15) is 0 Å². The molecule has 0 radical (unpaired) electrons. The van der Waals surface area contributed by atoms with Crippen molar-refractivity contribution in [3.63, 3.8) is 0 Å². The maximum Gasteiger partial charge on any atom is 0.143 e. The van der Waals surface area contributed by atoms with Crippen LogP contribution in [-0.4, -0.2) is 0 Å². The summed E-state index contributed by atoms with van der Waals surface area (Å²) in [5, 5.41) is 7.34. The van der Waals surface area contributed by atoms with Crippen molar-refractivity contribution < 1.29 is 4.74 Å². The summed E-state index contributed by atoms with van der Waals surface area (Å²) < 4.78 is 7.04. The Morgan fingerprint density at radius 2 is 0.806 bits per heavy atom. The molecule has 290 valence electrons. The fourth-order valence-corrected chi connectivity index (χ4v) is 9.56. The molecule has 11 aromatic carbocycles. The average molecular weight is 790 g/mol. The lowest BCUT2D eigenvalue weighted by Gasteiger charge is -2.29. The summed E-state index contributed by atoms with van der Waals surface area (Å²) in [7, 11) is 0. The number of hydrogen-bond donors (Lipinski definition) is 0. The van der Waals surface area contributed by atoms with Gasteiger partial charge in [0.05, 0.1) is 5.69 Å². The quantitative estimate of drug-likeness (QED) is 0.156. The first-order valence-corrected chi connectivity index (χ1v) is 21.3. The predicted octanol–water partition coefficient (Wildman–Crippen LogP) is 17.1. The minimum absolute atomic E-state index is 0.836. The van der Waals surface area contributed by atoms with Crippen LogP contribution in [0.4, 0.5) is 17.1 Å². The van der Waals surface area contributed by atoms with Crippen LogP contribution in [0.2, 0.25) is 0 Å². The normalized spacial score (nSPS) is 11.7. The molecule has 2 heteroatoms. The topological polar surface area (TPSA) is 12.5 Å². The zero-order valence-corrected chi connectivity index (χ0v) is 33.9. The van der Waals surface area contributed by atoms with Crippen molar-refractivity contribution in [1.82, 2.24) is 0 Å². The van der Waals surface area contributed by atoms with Crippen LogP contribution < -0.4 is 9.64 Å². The molecule has 1 heterocycles. The molecule has 12 rings (SSSR count). The second-order valence-corrected chi connectivity index (χ2v) is 16.0. The standard InChI is InChI=1S/C60H39NO/c1-3-16-40(17-4-1)41-30-34-45(35-31-41)61(46-36-32-43(33-37-46)55-38-44-20-7-8-21-47(44)49-22-9-10-23-50(49)55)57-39-56-52-25-13-14-29-58(52)62-60-48(42-18-5-2-6-19-42)27-15-28-54(60)59(56)53-26-12-11-24-51(53)57/h1-39H. The number of benzene rings is 11. The van der Waals surface area contributed by atoms with Gasteiger partial charge in [-0.15, -0.1) is 0 Å². The highest BCUT2D eigenvalue weighted by molar-refractivity contribution is 6.15. The molecule has 0 fully saturated rings. The second kappa shape index (κ2) is 14.8. The maximum atomic E-state index is 7.04. The van der Waals surface area contributed by atoms with Gasteiger partial charge in [-0.05, 0) is 103 Å². The van der Waals surface area contributed by atoms with Crippen molar-refractivity contribution in [3.8, 4) is 67.1 Å². The van der Waals surface area contributed by atoms with Crippen LogP contribution in [0.15, 0.2) is 237 Å². The van der Waals surface area contributed by atoms with E-state index in [9.17, 15) is 0 Å². The van der Waals surface area contributed by atoms with E-state index in [4.69, 9.17) is 4.74 Å². The molecule has 0 spiro atoms. The molecule has 0 unspecified atom stereocenters. The van der Waals surface area contributed by atoms with Gasteiger partial charge in [0, 0.05) is 39.0 Å². The lowest BCUT2D eigenvalue weighted by molar-refractivity contribution is 0.489. The lowest BCUT2D eigenvalue weighted by atomic mass is 9.87. The highest BCUT2D eigenvalue weighted by atomic mass is 16.5. The molecule has 1 aliphatic heterocycles. The molecule has 0 N–H and O–H groups in total. The van der Waals surface area contributed by atoms with Crippen LogP contribution in [-0.2, 0) is 0 Å². The average Bonchev–Trinajstić information content (AvgIpc) is 3.49. The molecular formula is C60H39NO. The number of rotatable bonds is 6. The molecule has 2 nitrogen and oxygen atoms in total. The van der Waals surface area contributed by atoms with Gasteiger partial charge in [-0.25, -0.2) is 0 Å². The number of ether oxygens (including phenoxy) is 1. The molecule has 0 saturated heterocycles. The van der Waals surface area contributed by atoms with E-state index in [0.717, 1.165) is 67.2 Å². The smallest absolute Gasteiger partial charge is 0.143 e. The van der Waals surface area contributed by atoms with Crippen molar-refractivity contribution in [3.05, 3.63) is 237 Å². The summed E-state index contributed by atoms with van der Waals surface area (Å²) in [6, 6.07) is 85.4. The van der Waals surface area contributed by atoms with Gasteiger partial charge < -0.3 is 9.64 Å². The highest BCUT2D eigenvalue weighted by Gasteiger charge is 2.28. The SMILES string of the molecule is c1ccc(-c2ccc(N(c3ccc(-c4cc5ccccc5c5ccccc45)cc3)c3cc4c(c5ccccc35)-c3cccc(-c5ccccc5)c3Oc3ccccc3-4)cc2)cc1. The van der Waals surface area contributed by atoms with Gasteiger partial charge in [0.25, 0.3) is 0 Å². The monoisotopic (exact) mass is 789 g/mol. The van der Waals surface area contributed by atoms with Gasteiger partial charge in [-0.3, -0.25) is 0 Å². The van der Waals surface area contributed by atoms with E-state index in [2.05, 4.69) is 241 Å². The van der Waals surface area contributed by atoms with Gasteiger partial charge in [-0.1, -0.05) is 194 Å². The van der Waals surface area contributed by atoms with E-state index < -0.39 is 0 Å².